The van der Waals surface area contributed by atoms with Crippen LogP contribution in [0.25, 0.3) is 0 Å². The number of unbranched alkanes of at least 4 members (excludes halogenated alkanes) is 1. The van der Waals surface area contributed by atoms with Gasteiger partial charge in [0.05, 0.1) is 6.61 Å². The van der Waals surface area contributed by atoms with Crippen molar-refractivity contribution in [3.05, 3.63) is 0 Å². The van der Waals surface area contributed by atoms with Crippen molar-refractivity contribution in [3.8, 4) is 0 Å². The minimum Gasteiger partial charge on any atom is -0.395 e. The molecule has 0 saturated heterocycles. The monoisotopic (exact) mass is 214 g/mol. The number of nitrogens with one attached hydrogen (secondary N) is 1. The van der Waals surface area contributed by atoms with Crippen molar-refractivity contribution >= 4 is 6.03 Å². The molecule has 0 atom stereocenters. The second kappa shape index (κ2) is 6.67. The number of urea groups is 1. The van der Waals surface area contributed by atoms with E-state index in [4.69, 9.17) is 5.11 Å². The van der Waals surface area contributed by atoms with Gasteiger partial charge in [0.2, 0.25) is 0 Å². The highest BCUT2D eigenvalue weighted by molar-refractivity contribution is 5.74. The average molecular weight is 214 g/mol. The van der Waals surface area contributed by atoms with Gasteiger partial charge in [0.1, 0.15) is 0 Å². The van der Waals surface area contributed by atoms with Gasteiger partial charge in [-0.25, -0.2) is 4.79 Å². The number of amides is 2. The van der Waals surface area contributed by atoms with Crippen molar-refractivity contribution < 1.29 is 9.90 Å². The van der Waals surface area contributed by atoms with Crippen LogP contribution in [0.4, 0.5) is 4.79 Å². The Morgan fingerprint density at radius 1 is 1.47 bits per heavy atom. The lowest BCUT2D eigenvalue weighted by atomic mass is 9.93. The van der Waals surface area contributed by atoms with Crippen LogP contribution in [0.5, 0.6) is 0 Å². The molecule has 88 valence electrons. The Morgan fingerprint density at radius 2 is 2.20 bits per heavy atom. The third-order valence-corrected chi connectivity index (χ3v) is 2.87. The van der Waals surface area contributed by atoms with Gasteiger partial charge in [0, 0.05) is 19.1 Å². The second-order valence-electron chi connectivity index (χ2n) is 4.14. The summed E-state index contributed by atoms with van der Waals surface area (Å²) in [6, 6.07) is 0.363. The average Bonchev–Trinajstić information content (AvgIpc) is 2.18. The predicted octanol–water partition coefficient (Wildman–Crippen LogP) is 1.34. The Bertz CT molecular complexity index is 193. The summed E-state index contributed by atoms with van der Waals surface area (Å²) in [5, 5.41) is 11.9. The van der Waals surface area contributed by atoms with E-state index in [2.05, 4.69) is 12.2 Å². The largest absolute Gasteiger partial charge is 0.395 e. The molecule has 4 heteroatoms. The molecule has 2 N–H and O–H groups in total. The Labute approximate surface area is 91.6 Å². The van der Waals surface area contributed by atoms with Crippen LogP contribution in [0.3, 0.4) is 0 Å². The first-order chi connectivity index (χ1) is 7.27. The van der Waals surface area contributed by atoms with Crippen molar-refractivity contribution in [2.45, 2.75) is 45.1 Å². The van der Waals surface area contributed by atoms with Gasteiger partial charge in [-0.15, -0.1) is 0 Å². The van der Waals surface area contributed by atoms with E-state index in [1.807, 2.05) is 0 Å². The normalized spacial score (nSPS) is 15.9. The van der Waals surface area contributed by atoms with Gasteiger partial charge in [-0.3, -0.25) is 0 Å². The van der Waals surface area contributed by atoms with E-state index in [-0.39, 0.29) is 12.6 Å². The SMILES string of the molecule is CCCCN(CCO)C(=O)NC1CCC1. The molecule has 1 saturated carbocycles. The third kappa shape index (κ3) is 4.08. The summed E-state index contributed by atoms with van der Waals surface area (Å²) in [6.07, 6.45) is 5.50. The molecule has 1 aliphatic carbocycles. The molecule has 0 aromatic carbocycles. The first-order valence-corrected chi connectivity index (χ1v) is 5.94. The van der Waals surface area contributed by atoms with Crippen LogP contribution in [0.2, 0.25) is 0 Å². The zero-order valence-electron chi connectivity index (χ0n) is 9.54. The highest BCUT2D eigenvalue weighted by Gasteiger charge is 2.21. The molecule has 0 aliphatic heterocycles. The fourth-order valence-corrected chi connectivity index (χ4v) is 1.60. The number of nitrogens with zero attached hydrogens (tertiary/aromatic N) is 1. The van der Waals surface area contributed by atoms with Gasteiger partial charge in [0.25, 0.3) is 0 Å². The fraction of sp³-hybridized carbons (Fsp3) is 0.909. The molecule has 1 rings (SSSR count). The molecule has 4 nitrogen and oxygen atoms in total. The topological polar surface area (TPSA) is 52.6 Å². The fourth-order valence-electron chi connectivity index (χ4n) is 1.60. The summed E-state index contributed by atoms with van der Waals surface area (Å²) in [5.41, 5.74) is 0. The molecule has 2 amide bonds. The molecular weight excluding hydrogens is 192 g/mol. The Balaban J connectivity index is 2.28. The second-order valence-corrected chi connectivity index (χ2v) is 4.14. The molecule has 0 bridgehead atoms. The van der Waals surface area contributed by atoms with Crippen molar-refractivity contribution in [2.24, 2.45) is 0 Å². The van der Waals surface area contributed by atoms with E-state index in [1.165, 1.54) is 6.42 Å². The number of aliphatic hydroxyl groups is 1. The molecule has 0 heterocycles. The standard InChI is InChI=1S/C11H22N2O2/c1-2-3-7-13(8-9-14)11(15)12-10-5-4-6-10/h10,14H,2-9H2,1H3,(H,12,15). The molecular formula is C11H22N2O2. The molecule has 0 unspecified atom stereocenters. The summed E-state index contributed by atoms with van der Waals surface area (Å²) in [4.78, 5) is 13.5. The van der Waals surface area contributed by atoms with Gasteiger partial charge >= 0.3 is 6.03 Å². The van der Waals surface area contributed by atoms with Crippen LogP contribution in [-0.2, 0) is 0 Å². The van der Waals surface area contributed by atoms with Gasteiger partial charge in [0.15, 0.2) is 0 Å². The minimum absolute atomic E-state index is 0.0119. The van der Waals surface area contributed by atoms with Crippen molar-refractivity contribution in [1.82, 2.24) is 10.2 Å². The summed E-state index contributed by atoms with van der Waals surface area (Å²) < 4.78 is 0. The number of hydrogen-bond acceptors (Lipinski definition) is 2. The quantitative estimate of drug-likeness (QED) is 0.701. The van der Waals surface area contributed by atoms with Crippen LogP contribution in [-0.4, -0.2) is 41.8 Å². The van der Waals surface area contributed by atoms with Crippen LogP contribution in [0, 0.1) is 0 Å². The number of carbonyl (C=O) groups excluding carboxylic acids is 1. The lowest BCUT2D eigenvalue weighted by Gasteiger charge is -2.30. The zero-order valence-corrected chi connectivity index (χ0v) is 9.54. The lowest BCUT2D eigenvalue weighted by Crippen LogP contribution is -2.48. The first-order valence-electron chi connectivity index (χ1n) is 5.94. The van der Waals surface area contributed by atoms with E-state index in [1.54, 1.807) is 4.90 Å². The number of aliphatic hydroxyl groups excluding tert-OH is 1. The van der Waals surface area contributed by atoms with Gasteiger partial charge < -0.3 is 15.3 Å². The maximum Gasteiger partial charge on any atom is 0.317 e. The molecule has 0 spiro atoms. The van der Waals surface area contributed by atoms with E-state index in [9.17, 15) is 4.79 Å². The third-order valence-electron chi connectivity index (χ3n) is 2.87. The molecule has 1 aliphatic rings. The van der Waals surface area contributed by atoms with Crippen LogP contribution >= 0.6 is 0 Å². The Kier molecular flexibility index (Phi) is 5.47. The Morgan fingerprint density at radius 3 is 2.67 bits per heavy atom. The minimum atomic E-state index is -0.0119. The molecule has 0 aromatic rings. The highest BCUT2D eigenvalue weighted by atomic mass is 16.3. The van der Waals surface area contributed by atoms with Crippen LogP contribution < -0.4 is 5.32 Å². The highest BCUT2D eigenvalue weighted by Crippen LogP contribution is 2.18. The van der Waals surface area contributed by atoms with E-state index in [0.717, 1.165) is 32.2 Å². The van der Waals surface area contributed by atoms with Crippen molar-refractivity contribution in [1.29, 1.82) is 0 Å². The summed E-state index contributed by atoms with van der Waals surface area (Å²) >= 11 is 0. The van der Waals surface area contributed by atoms with Crippen LogP contribution in [0.1, 0.15) is 39.0 Å². The predicted molar refractivity (Wildman–Crippen MR) is 59.7 cm³/mol. The summed E-state index contributed by atoms with van der Waals surface area (Å²) in [7, 11) is 0. The number of rotatable bonds is 6. The smallest absolute Gasteiger partial charge is 0.317 e. The lowest BCUT2D eigenvalue weighted by molar-refractivity contribution is 0.167. The molecule has 0 radical (unpaired) electrons. The Hall–Kier alpha value is -0.770. The van der Waals surface area contributed by atoms with Crippen molar-refractivity contribution in [3.63, 3.8) is 0 Å². The zero-order chi connectivity index (χ0) is 11.1. The van der Waals surface area contributed by atoms with E-state index in [0.29, 0.717) is 12.6 Å². The van der Waals surface area contributed by atoms with Gasteiger partial charge in [-0.1, -0.05) is 13.3 Å². The summed E-state index contributed by atoms with van der Waals surface area (Å²) in [5.74, 6) is 0. The first kappa shape index (κ1) is 12.3. The maximum atomic E-state index is 11.7. The van der Waals surface area contributed by atoms with Gasteiger partial charge in [-0.2, -0.15) is 0 Å². The number of hydrogen-bond donors (Lipinski definition) is 2. The molecule has 1 fully saturated rings. The maximum absolute atomic E-state index is 11.7. The van der Waals surface area contributed by atoms with Crippen LogP contribution in [0.15, 0.2) is 0 Å². The van der Waals surface area contributed by atoms with Gasteiger partial charge in [-0.05, 0) is 25.7 Å². The van der Waals surface area contributed by atoms with Crippen molar-refractivity contribution in [2.75, 3.05) is 19.7 Å². The van der Waals surface area contributed by atoms with E-state index < -0.39 is 0 Å². The molecule has 15 heavy (non-hydrogen) atoms. The van der Waals surface area contributed by atoms with E-state index >= 15 is 0 Å². The molecule has 0 aromatic heterocycles. The number of carbonyl (C=O) groups is 1. The summed E-state index contributed by atoms with van der Waals surface area (Å²) in [6.45, 7) is 3.33.